The van der Waals surface area contributed by atoms with Crippen molar-refractivity contribution in [2.75, 3.05) is 0 Å². The summed E-state index contributed by atoms with van der Waals surface area (Å²) in [4.78, 5) is 10.00. The van der Waals surface area contributed by atoms with Crippen LogP contribution in [0.2, 0.25) is 0 Å². The van der Waals surface area contributed by atoms with Crippen LogP contribution in [0.25, 0.3) is 0 Å². The van der Waals surface area contributed by atoms with Gasteiger partial charge in [0.2, 0.25) is 0 Å². The van der Waals surface area contributed by atoms with Crippen LogP contribution in [0.15, 0.2) is 12.1 Å². The number of aliphatic hydroxyl groups excluding tert-OH is 1. The Morgan fingerprint density at radius 2 is 2.29 bits per heavy atom. The van der Waals surface area contributed by atoms with E-state index in [1.807, 2.05) is 6.07 Å². The van der Waals surface area contributed by atoms with Crippen LogP contribution in [0.3, 0.4) is 0 Å². The molecule has 72 valence electrons. The second kappa shape index (κ2) is 3.85. The van der Waals surface area contributed by atoms with Crippen LogP contribution in [-0.2, 0) is 6.61 Å². The van der Waals surface area contributed by atoms with Crippen molar-refractivity contribution in [3.05, 3.63) is 38.9 Å². The maximum absolute atomic E-state index is 10.5. The van der Waals surface area contributed by atoms with Gasteiger partial charge in [-0.25, -0.2) is 0 Å². The molecule has 1 aromatic rings. The zero-order valence-electron chi connectivity index (χ0n) is 7.52. The lowest BCUT2D eigenvalue weighted by molar-refractivity contribution is -0.385. The van der Waals surface area contributed by atoms with Crippen LogP contribution in [0.4, 0.5) is 5.69 Å². The van der Waals surface area contributed by atoms with Gasteiger partial charge in [-0.2, -0.15) is 5.26 Å². The summed E-state index contributed by atoms with van der Waals surface area (Å²) in [6.45, 7) is 1.18. The Labute approximate surface area is 80.4 Å². The van der Waals surface area contributed by atoms with E-state index in [0.29, 0.717) is 5.56 Å². The summed E-state index contributed by atoms with van der Waals surface area (Å²) in [5, 5.41) is 28.1. The lowest BCUT2D eigenvalue weighted by atomic mass is 10.0. The van der Waals surface area contributed by atoms with Crippen molar-refractivity contribution in [1.82, 2.24) is 0 Å². The number of rotatable bonds is 2. The molecular weight excluding hydrogens is 184 g/mol. The van der Waals surface area contributed by atoms with Crippen LogP contribution < -0.4 is 0 Å². The summed E-state index contributed by atoms with van der Waals surface area (Å²) in [6.07, 6.45) is 0. The molecule has 1 N–H and O–H groups in total. The standard InChI is InChI=1S/C9H8N2O3/c1-6-2-7(4-10)8(5-12)3-9(6)11(13)14/h2-3,12H,5H2,1H3. The number of hydrogen-bond acceptors (Lipinski definition) is 4. The summed E-state index contributed by atoms with van der Waals surface area (Å²) >= 11 is 0. The highest BCUT2D eigenvalue weighted by atomic mass is 16.6. The average Bonchev–Trinajstić information content (AvgIpc) is 2.16. The van der Waals surface area contributed by atoms with Crippen molar-refractivity contribution in [1.29, 1.82) is 5.26 Å². The maximum Gasteiger partial charge on any atom is 0.272 e. The lowest BCUT2D eigenvalue weighted by Crippen LogP contribution is -1.97. The van der Waals surface area contributed by atoms with Crippen molar-refractivity contribution in [3.63, 3.8) is 0 Å². The van der Waals surface area contributed by atoms with Crippen molar-refractivity contribution >= 4 is 5.69 Å². The van der Waals surface area contributed by atoms with Crippen LogP contribution in [0, 0.1) is 28.4 Å². The number of nitriles is 1. The Hall–Kier alpha value is -1.93. The first-order chi connectivity index (χ1) is 6.60. The number of nitro benzene ring substituents is 1. The molecule has 1 rings (SSSR count). The molecule has 0 unspecified atom stereocenters. The Kier molecular flexibility index (Phi) is 2.79. The number of aryl methyl sites for hydroxylation is 1. The van der Waals surface area contributed by atoms with Gasteiger partial charge in [-0.15, -0.1) is 0 Å². The zero-order valence-corrected chi connectivity index (χ0v) is 7.52. The van der Waals surface area contributed by atoms with Crippen molar-refractivity contribution in [2.45, 2.75) is 13.5 Å². The lowest BCUT2D eigenvalue weighted by Gasteiger charge is -2.02. The molecule has 14 heavy (non-hydrogen) atoms. The predicted molar refractivity (Wildman–Crippen MR) is 48.5 cm³/mol. The van der Waals surface area contributed by atoms with Gasteiger partial charge in [0.05, 0.1) is 23.2 Å². The van der Waals surface area contributed by atoms with E-state index in [1.54, 1.807) is 6.92 Å². The van der Waals surface area contributed by atoms with E-state index in [-0.39, 0.29) is 23.4 Å². The van der Waals surface area contributed by atoms with Crippen molar-refractivity contribution in [2.24, 2.45) is 0 Å². The fourth-order valence-electron chi connectivity index (χ4n) is 1.17. The largest absolute Gasteiger partial charge is 0.392 e. The topological polar surface area (TPSA) is 87.2 Å². The van der Waals surface area contributed by atoms with Crippen molar-refractivity contribution < 1.29 is 10.0 Å². The van der Waals surface area contributed by atoms with E-state index in [2.05, 4.69) is 0 Å². The number of hydrogen-bond donors (Lipinski definition) is 1. The molecule has 0 atom stereocenters. The smallest absolute Gasteiger partial charge is 0.272 e. The van der Waals surface area contributed by atoms with Gasteiger partial charge >= 0.3 is 0 Å². The first-order valence-corrected chi connectivity index (χ1v) is 3.89. The highest BCUT2D eigenvalue weighted by molar-refractivity contribution is 5.50. The van der Waals surface area contributed by atoms with Gasteiger partial charge in [0, 0.05) is 17.2 Å². The Morgan fingerprint density at radius 3 is 2.71 bits per heavy atom. The summed E-state index contributed by atoms with van der Waals surface area (Å²) in [5.41, 5.74) is 0.900. The monoisotopic (exact) mass is 192 g/mol. The molecule has 5 heteroatoms. The molecule has 0 fully saturated rings. The van der Waals surface area contributed by atoms with E-state index in [1.165, 1.54) is 12.1 Å². The third-order valence-electron chi connectivity index (χ3n) is 1.91. The van der Waals surface area contributed by atoms with E-state index in [9.17, 15) is 10.1 Å². The molecule has 0 amide bonds. The zero-order chi connectivity index (χ0) is 10.7. The summed E-state index contributed by atoms with van der Waals surface area (Å²) in [6, 6.07) is 4.51. The fourth-order valence-corrected chi connectivity index (χ4v) is 1.17. The predicted octanol–water partition coefficient (Wildman–Crippen LogP) is 1.27. The fraction of sp³-hybridized carbons (Fsp3) is 0.222. The van der Waals surface area contributed by atoms with Gasteiger partial charge in [-0.1, -0.05) is 0 Å². The Bertz CT molecular complexity index is 421. The Balaban J connectivity index is 3.39. The van der Waals surface area contributed by atoms with Crippen LogP contribution in [0.5, 0.6) is 0 Å². The number of benzene rings is 1. The SMILES string of the molecule is Cc1cc(C#N)c(CO)cc1[N+](=O)[O-]. The Morgan fingerprint density at radius 1 is 1.64 bits per heavy atom. The maximum atomic E-state index is 10.5. The van der Waals surface area contributed by atoms with Gasteiger partial charge in [-0.3, -0.25) is 10.1 Å². The summed E-state index contributed by atoms with van der Waals surface area (Å²) in [7, 11) is 0. The quantitative estimate of drug-likeness (QED) is 0.564. The van der Waals surface area contributed by atoms with Crippen molar-refractivity contribution in [3.8, 4) is 6.07 Å². The molecule has 0 aliphatic rings. The minimum atomic E-state index is -0.532. The molecule has 0 aromatic heterocycles. The molecule has 0 saturated carbocycles. The van der Waals surface area contributed by atoms with Crippen LogP contribution in [0.1, 0.15) is 16.7 Å². The highest BCUT2D eigenvalue weighted by Gasteiger charge is 2.14. The summed E-state index contributed by atoms with van der Waals surface area (Å²) in [5.74, 6) is 0. The summed E-state index contributed by atoms with van der Waals surface area (Å²) < 4.78 is 0. The molecule has 5 nitrogen and oxygen atoms in total. The minimum absolute atomic E-state index is 0.0759. The molecule has 0 saturated heterocycles. The van der Waals surface area contributed by atoms with E-state index in [0.717, 1.165) is 0 Å². The normalized spacial score (nSPS) is 9.50. The average molecular weight is 192 g/mol. The van der Waals surface area contributed by atoms with Gasteiger partial charge in [0.25, 0.3) is 5.69 Å². The van der Waals surface area contributed by atoms with Gasteiger partial charge in [0.1, 0.15) is 0 Å². The molecule has 1 aromatic carbocycles. The molecule has 0 radical (unpaired) electrons. The van der Waals surface area contributed by atoms with Gasteiger partial charge < -0.3 is 5.11 Å². The second-order valence-corrected chi connectivity index (χ2v) is 2.82. The van der Waals surface area contributed by atoms with Crippen LogP contribution >= 0.6 is 0 Å². The molecular formula is C9H8N2O3. The molecule has 0 spiro atoms. The van der Waals surface area contributed by atoms with E-state index < -0.39 is 4.92 Å². The number of nitrogens with zero attached hydrogens (tertiary/aromatic N) is 2. The number of nitro groups is 1. The van der Waals surface area contributed by atoms with E-state index >= 15 is 0 Å². The van der Waals surface area contributed by atoms with Gasteiger partial charge in [-0.05, 0) is 13.0 Å². The van der Waals surface area contributed by atoms with Gasteiger partial charge in [0.15, 0.2) is 0 Å². The van der Waals surface area contributed by atoms with Crippen LogP contribution in [-0.4, -0.2) is 10.0 Å². The second-order valence-electron chi connectivity index (χ2n) is 2.82. The first-order valence-electron chi connectivity index (χ1n) is 3.89. The molecule has 0 heterocycles. The molecule has 0 bridgehead atoms. The molecule has 0 aliphatic carbocycles. The first kappa shape index (κ1) is 10.2. The van der Waals surface area contributed by atoms with E-state index in [4.69, 9.17) is 10.4 Å². The third-order valence-corrected chi connectivity index (χ3v) is 1.91. The molecule has 0 aliphatic heterocycles. The number of aliphatic hydroxyl groups is 1. The minimum Gasteiger partial charge on any atom is -0.392 e. The highest BCUT2D eigenvalue weighted by Crippen LogP contribution is 2.22. The third kappa shape index (κ3) is 1.70.